The van der Waals surface area contributed by atoms with Crippen molar-refractivity contribution in [1.82, 2.24) is 24.8 Å². The van der Waals surface area contributed by atoms with Crippen molar-refractivity contribution < 1.29 is 29.0 Å². The number of carbonyl (C=O) groups is 3. The van der Waals surface area contributed by atoms with Crippen LogP contribution in [0.1, 0.15) is 91.9 Å². The average Bonchev–Trinajstić information content (AvgIpc) is 3.43. The molecule has 3 N–H and O–H groups in total. The first-order valence-electron chi connectivity index (χ1n) is 16.8. The van der Waals surface area contributed by atoms with Crippen LogP contribution in [0.3, 0.4) is 0 Å². The van der Waals surface area contributed by atoms with Crippen molar-refractivity contribution in [3.63, 3.8) is 0 Å². The molecular weight excluding hydrogens is 626 g/mol. The molecule has 1 unspecified atom stereocenters. The number of β-amino-alcohol motifs (C(OH)–C–C–N with tert-alkyl or cyclic N) is 1. The van der Waals surface area contributed by atoms with Crippen molar-refractivity contribution in [1.29, 1.82) is 0 Å². The molecule has 3 amide bonds. The number of rotatable bonds is 9. The monoisotopic (exact) mass is 677 g/mol. The zero-order valence-electron chi connectivity index (χ0n) is 30.1. The van der Waals surface area contributed by atoms with E-state index in [4.69, 9.17) is 14.5 Å². The Morgan fingerprint density at radius 2 is 1.76 bits per heavy atom. The van der Waals surface area contributed by atoms with Crippen LogP contribution in [0.15, 0.2) is 54.7 Å². The summed E-state index contributed by atoms with van der Waals surface area (Å²) in [6.07, 6.45) is 2.35. The van der Waals surface area contributed by atoms with E-state index in [9.17, 15) is 19.5 Å². The molecule has 0 bridgehead atoms. The van der Waals surface area contributed by atoms with Gasteiger partial charge in [0.2, 0.25) is 5.91 Å². The maximum absolute atomic E-state index is 14.2. The number of ether oxygens (including phenoxy) is 2. The van der Waals surface area contributed by atoms with Gasteiger partial charge < -0.3 is 30.1 Å². The number of benzene rings is 1. The molecule has 266 valence electrons. The highest BCUT2D eigenvalue weighted by Gasteiger charge is 2.36. The number of nitrogens with zero attached hydrogens (tertiary/aromatic N) is 5. The number of hydrogen-bond donors (Lipinski definition) is 3. The van der Waals surface area contributed by atoms with Gasteiger partial charge in [-0.1, -0.05) is 50.3 Å². The maximum atomic E-state index is 14.2. The van der Waals surface area contributed by atoms with Crippen LogP contribution >= 0.6 is 0 Å². The molecule has 0 spiro atoms. The Labute approximate surface area is 288 Å². The summed E-state index contributed by atoms with van der Waals surface area (Å²) >= 11 is 0. The van der Waals surface area contributed by atoms with Gasteiger partial charge in [0.25, 0.3) is 0 Å². The smallest absolute Gasteiger partial charge is 0.418 e. The molecular formula is C36H51N7O6. The van der Waals surface area contributed by atoms with Crippen LogP contribution in [0.2, 0.25) is 0 Å². The summed E-state index contributed by atoms with van der Waals surface area (Å²) in [6, 6.07) is 10.8. The van der Waals surface area contributed by atoms with Gasteiger partial charge in [0.05, 0.1) is 18.8 Å². The molecule has 4 rings (SSSR count). The number of hydrogen-bond acceptors (Lipinski definition) is 9. The van der Waals surface area contributed by atoms with E-state index in [0.717, 1.165) is 5.56 Å². The Balaban J connectivity index is 1.76. The zero-order chi connectivity index (χ0) is 36.1. The van der Waals surface area contributed by atoms with E-state index in [0.29, 0.717) is 42.4 Å². The van der Waals surface area contributed by atoms with E-state index < -0.39 is 41.6 Å². The molecule has 0 aliphatic carbocycles. The summed E-state index contributed by atoms with van der Waals surface area (Å²) in [4.78, 5) is 47.7. The van der Waals surface area contributed by atoms with Crippen LogP contribution in [0.4, 0.5) is 21.2 Å². The fraction of sp³-hybridized carbons (Fsp3) is 0.528. The van der Waals surface area contributed by atoms with Crippen LogP contribution in [-0.4, -0.2) is 79.6 Å². The summed E-state index contributed by atoms with van der Waals surface area (Å²) in [7, 11) is 0. The molecule has 49 heavy (non-hydrogen) atoms. The Morgan fingerprint density at radius 3 is 2.35 bits per heavy atom. The van der Waals surface area contributed by atoms with Crippen LogP contribution in [0, 0.1) is 5.92 Å². The molecule has 13 heteroatoms. The van der Waals surface area contributed by atoms with Crippen molar-refractivity contribution >= 4 is 35.4 Å². The lowest BCUT2D eigenvalue weighted by Gasteiger charge is -2.37. The number of likely N-dealkylation sites (tertiary alicyclic amines) is 1. The van der Waals surface area contributed by atoms with Crippen molar-refractivity contribution in [2.24, 2.45) is 5.92 Å². The number of piperidine rings is 1. The quantitative estimate of drug-likeness (QED) is 0.183. The molecule has 3 atom stereocenters. The first kappa shape index (κ1) is 37.2. The zero-order valence-corrected chi connectivity index (χ0v) is 30.1. The Kier molecular flexibility index (Phi) is 11.6. The van der Waals surface area contributed by atoms with E-state index >= 15 is 0 Å². The minimum atomic E-state index is -0.982. The van der Waals surface area contributed by atoms with Gasteiger partial charge in [-0.05, 0) is 72.4 Å². The number of aliphatic hydroxyl groups is 1. The summed E-state index contributed by atoms with van der Waals surface area (Å²) < 4.78 is 13.0. The van der Waals surface area contributed by atoms with E-state index in [2.05, 4.69) is 15.7 Å². The van der Waals surface area contributed by atoms with Crippen molar-refractivity contribution in [3.8, 4) is 0 Å². The van der Waals surface area contributed by atoms with Gasteiger partial charge in [0.1, 0.15) is 29.0 Å². The largest absolute Gasteiger partial charge is 0.444 e. The predicted molar refractivity (Wildman–Crippen MR) is 188 cm³/mol. The average molecular weight is 678 g/mol. The standard InChI is InChI=1S/C36H51N7O6/c1-10-14-29(45)40-31(24-15-12-11-13-16-24)42(34(47)49-36(7,8)9)30-19-28(39-32-26(23(2)3)21-38-43(30)32)37-20-25-17-18-41(22-27(25)44)33(46)48-35(4,5)6/h10-16,19,21,23,25,27,31,44H,17-18,20,22H2,1-9H3,(H,37,39)(H,40,45)/t25-,27+,31?/m1/s1. The number of carbonyl (C=O) groups excluding carboxylic acids is 3. The maximum Gasteiger partial charge on any atom is 0.418 e. The molecule has 0 saturated carbocycles. The lowest BCUT2D eigenvalue weighted by Crippen LogP contribution is -2.49. The van der Waals surface area contributed by atoms with E-state index in [-0.39, 0.29) is 18.4 Å². The van der Waals surface area contributed by atoms with Crippen LogP contribution in [0.5, 0.6) is 0 Å². The number of amides is 3. The highest BCUT2D eigenvalue weighted by Crippen LogP contribution is 2.32. The first-order valence-corrected chi connectivity index (χ1v) is 16.8. The molecule has 1 aromatic carbocycles. The summed E-state index contributed by atoms with van der Waals surface area (Å²) in [5, 5.41) is 22.0. The Bertz CT molecular complexity index is 1640. The van der Waals surface area contributed by atoms with Gasteiger partial charge in [-0.3, -0.25) is 4.79 Å². The molecule has 3 heterocycles. The van der Waals surface area contributed by atoms with E-state index in [1.165, 1.54) is 15.9 Å². The van der Waals surface area contributed by atoms with Gasteiger partial charge in [0.15, 0.2) is 5.65 Å². The second-order valence-electron chi connectivity index (χ2n) is 14.6. The third kappa shape index (κ3) is 9.71. The first-order chi connectivity index (χ1) is 23.0. The number of aromatic nitrogens is 3. The molecule has 13 nitrogen and oxygen atoms in total. The molecule has 1 saturated heterocycles. The summed E-state index contributed by atoms with van der Waals surface area (Å²) in [5.41, 5.74) is 0.535. The second kappa shape index (κ2) is 15.3. The van der Waals surface area contributed by atoms with Gasteiger partial charge in [0, 0.05) is 30.6 Å². The molecule has 3 aromatic rings. The van der Waals surface area contributed by atoms with Crippen LogP contribution in [-0.2, 0) is 14.3 Å². The fourth-order valence-electron chi connectivity index (χ4n) is 5.49. The van der Waals surface area contributed by atoms with Crippen molar-refractivity contribution in [2.45, 2.75) is 98.1 Å². The van der Waals surface area contributed by atoms with Gasteiger partial charge in [-0.25, -0.2) is 19.5 Å². The normalized spacial score (nSPS) is 17.7. The van der Waals surface area contributed by atoms with Crippen molar-refractivity contribution in [3.05, 3.63) is 65.9 Å². The molecule has 1 aliphatic heterocycles. The van der Waals surface area contributed by atoms with E-state index in [1.807, 2.05) is 65.0 Å². The number of fused-ring (bicyclic) bond motifs is 1. The minimum absolute atomic E-state index is 0.0568. The third-order valence-electron chi connectivity index (χ3n) is 7.83. The minimum Gasteiger partial charge on any atom is -0.444 e. The Morgan fingerprint density at radius 1 is 1.08 bits per heavy atom. The fourth-order valence-corrected chi connectivity index (χ4v) is 5.49. The topological polar surface area (TPSA) is 151 Å². The molecule has 1 aliphatic rings. The predicted octanol–water partition coefficient (Wildman–Crippen LogP) is 6.02. The summed E-state index contributed by atoms with van der Waals surface area (Å²) in [6.45, 7) is 17.5. The van der Waals surface area contributed by atoms with E-state index in [1.54, 1.807) is 50.5 Å². The highest BCUT2D eigenvalue weighted by atomic mass is 16.6. The number of anilines is 2. The highest BCUT2D eigenvalue weighted by molar-refractivity contribution is 5.92. The number of aliphatic hydroxyl groups excluding tert-OH is 1. The molecule has 1 fully saturated rings. The summed E-state index contributed by atoms with van der Waals surface area (Å²) in [5.74, 6) is 0.217. The van der Waals surface area contributed by atoms with Crippen molar-refractivity contribution in [2.75, 3.05) is 29.9 Å². The SMILES string of the molecule is CC=CC(=O)NC(c1ccccc1)N(C(=O)OC(C)(C)C)c1cc(NC[C@H]2CCN(C(=O)OC(C)(C)C)C[C@@H]2O)nc2c(C(C)C)cnn12. The van der Waals surface area contributed by atoms with Gasteiger partial charge >= 0.3 is 12.2 Å². The number of allylic oxidation sites excluding steroid dienone is 1. The van der Waals surface area contributed by atoms with Crippen LogP contribution < -0.4 is 15.5 Å². The van der Waals surface area contributed by atoms with Gasteiger partial charge in [-0.15, -0.1) is 0 Å². The lowest BCUT2D eigenvalue weighted by molar-refractivity contribution is -0.117. The molecule has 0 radical (unpaired) electrons. The lowest BCUT2D eigenvalue weighted by atomic mass is 9.94. The van der Waals surface area contributed by atoms with Gasteiger partial charge in [-0.2, -0.15) is 9.61 Å². The second-order valence-corrected chi connectivity index (χ2v) is 14.6. The van der Waals surface area contributed by atoms with Crippen LogP contribution in [0.25, 0.3) is 5.65 Å². The Hall–Kier alpha value is -4.65. The third-order valence-corrected chi connectivity index (χ3v) is 7.83. The number of nitrogens with one attached hydrogen (secondary N) is 2. The molecule has 2 aromatic heterocycles.